The average molecular weight is 274 g/mol. The van der Waals surface area contributed by atoms with E-state index in [2.05, 4.69) is 16.0 Å². The number of nitrogens with one attached hydrogen (secondary N) is 3. The Morgan fingerprint density at radius 3 is 2.21 bits per heavy atom. The van der Waals surface area contributed by atoms with Crippen LogP contribution in [0.1, 0.15) is 19.8 Å². The molecule has 0 bridgehead atoms. The number of urea groups is 1. The van der Waals surface area contributed by atoms with Gasteiger partial charge in [-0.05, 0) is 6.42 Å². The van der Waals surface area contributed by atoms with Gasteiger partial charge in [-0.3, -0.25) is 9.59 Å². The second-order valence-electron chi connectivity index (χ2n) is 3.78. The lowest BCUT2D eigenvalue weighted by Crippen LogP contribution is -2.47. The van der Waals surface area contributed by atoms with Crippen molar-refractivity contribution in [1.29, 1.82) is 0 Å². The van der Waals surface area contributed by atoms with Crippen molar-refractivity contribution < 1.29 is 24.3 Å². The molecule has 0 fully saturated rings. The van der Waals surface area contributed by atoms with Gasteiger partial charge in [0.25, 0.3) is 0 Å². The van der Waals surface area contributed by atoms with E-state index in [9.17, 15) is 19.2 Å². The summed E-state index contributed by atoms with van der Waals surface area (Å²) in [6, 6.07) is -1.88. The van der Waals surface area contributed by atoms with E-state index in [4.69, 9.17) is 10.8 Å². The Labute approximate surface area is 109 Å². The highest BCUT2D eigenvalue weighted by atomic mass is 16.4. The number of aliphatic carboxylic acids is 1. The number of carbonyl (C=O) groups excluding carboxylic acids is 3. The molecule has 0 aromatic carbocycles. The first-order valence-corrected chi connectivity index (χ1v) is 5.63. The lowest BCUT2D eigenvalue weighted by molar-refractivity contribution is -0.139. The van der Waals surface area contributed by atoms with Crippen molar-refractivity contribution in [3.8, 4) is 0 Å². The summed E-state index contributed by atoms with van der Waals surface area (Å²) in [5, 5.41) is 15.8. The van der Waals surface area contributed by atoms with E-state index < -0.39 is 23.9 Å². The molecule has 4 amide bonds. The van der Waals surface area contributed by atoms with E-state index in [0.717, 1.165) is 0 Å². The number of nitrogens with two attached hydrogens (primary N) is 1. The lowest BCUT2D eigenvalue weighted by Gasteiger charge is -2.14. The first kappa shape index (κ1) is 16.7. The number of hydrogen-bond donors (Lipinski definition) is 5. The Kier molecular flexibility index (Phi) is 7.66. The molecule has 1 unspecified atom stereocenters. The molecule has 0 aliphatic heterocycles. The van der Waals surface area contributed by atoms with E-state index in [0.29, 0.717) is 0 Å². The van der Waals surface area contributed by atoms with Crippen LogP contribution in [0.4, 0.5) is 4.79 Å². The van der Waals surface area contributed by atoms with Crippen LogP contribution in [0, 0.1) is 0 Å². The van der Waals surface area contributed by atoms with Gasteiger partial charge < -0.3 is 26.8 Å². The van der Waals surface area contributed by atoms with Crippen molar-refractivity contribution in [3.63, 3.8) is 0 Å². The smallest absolute Gasteiger partial charge is 0.326 e. The number of carbonyl (C=O) groups is 4. The maximum Gasteiger partial charge on any atom is 0.326 e. The van der Waals surface area contributed by atoms with Crippen molar-refractivity contribution >= 4 is 23.8 Å². The molecule has 0 spiro atoms. The van der Waals surface area contributed by atoms with Crippen LogP contribution in [-0.2, 0) is 14.4 Å². The summed E-state index contributed by atoms with van der Waals surface area (Å²) in [5.74, 6) is -2.12. The van der Waals surface area contributed by atoms with E-state index >= 15 is 0 Å². The Hall–Kier alpha value is -2.32. The van der Waals surface area contributed by atoms with E-state index in [1.54, 1.807) is 0 Å². The third-order valence-corrected chi connectivity index (χ3v) is 2.07. The maximum atomic E-state index is 11.3. The molecule has 0 saturated heterocycles. The first-order valence-electron chi connectivity index (χ1n) is 5.63. The van der Waals surface area contributed by atoms with Gasteiger partial charge in [-0.2, -0.15) is 0 Å². The molecular weight excluding hydrogens is 256 g/mol. The van der Waals surface area contributed by atoms with Gasteiger partial charge in [-0.15, -0.1) is 0 Å². The van der Waals surface area contributed by atoms with Crippen LogP contribution in [0.2, 0.25) is 0 Å². The summed E-state index contributed by atoms with van der Waals surface area (Å²) in [5.41, 5.74) is 4.90. The molecule has 9 heteroatoms. The predicted octanol–water partition coefficient (Wildman–Crippen LogP) is -1.86. The Bertz CT molecular complexity index is 358. The summed E-state index contributed by atoms with van der Waals surface area (Å²) in [7, 11) is 0. The molecule has 0 rings (SSSR count). The van der Waals surface area contributed by atoms with Crippen LogP contribution >= 0.6 is 0 Å². The fourth-order valence-corrected chi connectivity index (χ4v) is 1.17. The molecule has 0 radical (unpaired) electrons. The van der Waals surface area contributed by atoms with Gasteiger partial charge in [0.15, 0.2) is 0 Å². The van der Waals surface area contributed by atoms with Gasteiger partial charge in [-0.1, -0.05) is 0 Å². The normalized spacial score (nSPS) is 11.2. The fourth-order valence-electron chi connectivity index (χ4n) is 1.17. The van der Waals surface area contributed by atoms with E-state index in [1.165, 1.54) is 6.92 Å². The van der Waals surface area contributed by atoms with Crippen molar-refractivity contribution in [2.75, 3.05) is 13.1 Å². The van der Waals surface area contributed by atoms with Crippen LogP contribution in [0.3, 0.4) is 0 Å². The highest BCUT2D eigenvalue weighted by molar-refractivity contribution is 5.83. The van der Waals surface area contributed by atoms with Crippen LogP contribution < -0.4 is 21.7 Å². The molecule has 1 atom stereocenters. The first-order chi connectivity index (χ1) is 8.82. The van der Waals surface area contributed by atoms with Gasteiger partial charge in [0, 0.05) is 26.4 Å². The van der Waals surface area contributed by atoms with Gasteiger partial charge in [0.2, 0.25) is 11.8 Å². The summed E-state index contributed by atoms with van der Waals surface area (Å²) in [6.45, 7) is 1.74. The summed E-state index contributed by atoms with van der Waals surface area (Å²) >= 11 is 0. The molecule has 0 aliphatic rings. The number of primary amides is 1. The zero-order chi connectivity index (χ0) is 14.8. The Morgan fingerprint density at radius 1 is 1.16 bits per heavy atom. The molecule has 0 heterocycles. The van der Waals surface area contributed by atoms with Crippen molar-refractivity contribution in [2.45, 2.75) is 25.8 Å². The van der Waals surface area contributed by atoms with Gasteiger partial charge in [0.05, 0.1) is 0 Å². The SMILES string of the molecule is CC(=O)NCCNC(=O)NC(CCC(N)=O)C(=O)O. The molecule has 9 nitrogen and oxygen atoms in total. The third-order valence-electron chi connectivity index (χ3n) is 2.07. The van der Waals surface area contributed by atoms with Gasteiger partial charge in [0.1, 0.15) is 6.04 Å². The standard InChI is InChI=1S/C10H18N4O5/c1-6(15)12-4-5-13-10(19)14-7(9(17)18)2-3-8(11)16/h7H,2-5H2,1H3,(H2,11,16)(H,12,15)(H,17,18)(H2,13,14,19). The van der Waals surface area contributed by atoms with Gasteiger partial charge >= 0.3 is 12.0 Å². The van der Waals surface area contributed by atoms with Crippen LogP contribution in [0.25, 0.3) is 0 Å². The molecule has 19 heavy (non-hydrogen) atoms. The van der Waals surface area contributed by atoms with Crippen LogP contribution in [-0.4, -0.2) is 48.1 Å². The monoisotopic (exact) mass is 274 g/mol. The average Bonchev–Trinajstić information content (AvgIpc) is 2.29. The molecule has 6 N–H and O–H groups in total. The number of carboxylic acid groups (broad SMARTS) is 1. The van der Waals surface area contributed by atoms with Crippen LogP contribution in [0.15, 0.2) is 0 Å². The molecule has 0 saturated carbocycles. The quantitative estimate of drug-likeness (QED) is 0.329. The molecule has 0 aliphatic carbocycles. The topological polar surface area (TPSA) is 151 Å². The Morgan fingerprint density at radius 2 is 1.74 bits per heavy atom. The van der Waals surface area contributed by atoms with Crippen LogP contribution in [0.5, 0.6) is 0 Å². The second kappa shape index (κ2) is 8.72. The van der Waals surface area contributed by atoms with E-state index in [-0.39, 0.29) is 31.8 Å². The minimum atomic E-state index is -1.25. The highest BCUT2D eigenvalue weighted by Crippen LogP contribution is 1.97. The van der Waals surface area contributed by atoms with Crippen molar-refractivity contribution in [1.82, 2.24) is 16.0 Å². The highest BCUT2D eigenvalue weighted by Gasteiger charge is 2.20. The minimum Gasteiger partial charge on any atom is -0.480 e. The molecule has 0 aromatic heterocycles. The summed E-state index contributed by atoms with van der Waals surface area (Å²) in [4.78, 5) is 43.2. The summed E-state index contributed by atoms with van der Waals surface area (Å²) in [6.07, 6.45) is -0.215. The minimum absolute atomic E-state index is 0.0796. The van der Waals surface area contributed by atoms with Crippen molar-refractivity contribution in [3.05, 3.63) is 0 Å². The summed E-state index contributed by atoms with van der Waals surface area (Å²) < 4.78 is 0. The Balaban J connectivity index is 3.99. The molecular formula is C10H18N4O5. The number of amides is 4. The number of hydrogen-bond acceptors (Lipinski definition) is 4. The van der Waals surface area contributed by atoms with Gasteiger partial charge in [-0.25, -0.2) is 9.59 Å². The zero-order valence-electron chi connectivity index (χ0n) is 10.6. The zero-order valence-corrected chi connectivity index (χ0v) is 10.6. The predicted molar refractivity (Wildman–Crippen MR) is 65.1 cm³/mol. The number of rotatable bonds is 8. The fraction of sp³-hybridized carbons (Fsp3) is 0.600. The number of carboxylic acids is 1. The maximum absolute atomic E-state index is 11.3. The molecule has 108 valence electrons. The van der Waals surface area contributed by atoms with Crippen molar-refractivity contribution in [2.24, 2.45) is 5.73 Å². The van der Waals surface area contributed by atoms with E-state index in [1.807, 2.05) is 0 Å². The second-order valence-corrected chi connectivity index (χ2v) is 3.78. The largest absolute Gasteiger partial charge is 0.480 e. The molecule has 0 aromatic rings. The third kappa shape index (κ3) is 9.39. The lowest BCUT2D eigenvalue weighted by atomic mass is 10.1.